The van der Waals surface area contributed by atoms with Crippen LogP contribution in [0.4, 0.5) is 10.6 Å². The molecule has 1 unspecified atom stereocenters. The van der Waals surface area contributed by atoms with Crippen LogP contribution in [0, 0.1) is 0 Å². The Morgan fingerprint density at radius 2 is 2.14 bits per heavy atom. The average Bonchev–Trinajstić information content (AvgIpc) is 2.97. The number of rotatable bonds is 3. The molecule has 0 bridgehead atoms. The van der Waals surface area contributed by atoms with E-state index in [1.807, 2.05) is 30.3 Å². The SMILES string of the molecule is O=C(O)N1CCC(Nc2nc(Cl)ncc2-c2ccccc2)C1. The number of hydrogen-bond donors (Lipinski definition) is 2. The lowest BCUT2D eigenvalue weighted by atomic mass is 10.1. The van der Waals surface area contributed by atoms with E-state index in [1.54, 1.807) is 6.20 Å². The molecule has 1 amide bonds. The summed E-state index contributed by atoms with van der Waals surface area (Å²) < 4.78 is 0. The van der Waals surface area contributed by atoms with E-state index in [9.17, 15) is 4.79 Å². The largest absolute Gasteiger partial charge is 0.465 e. The molecule has 0 spiro atoms. The lowest BCUT2D eigenvalue weighted by Gasteiger charge is -2.17. The van der Waals surface area contributed by atoms with Crippen molar-refractivity contribution < 1.29 is 9.90 Å². The molecule has 1 aromatic heterocycles. The van der Waals surface area contributed by atoms with Crippen LogP contribution in [0.2, 0.25) is 5.28 Å². The molecule has 1 aliphatic heterocycles. The van der Waals surface area contributed by atoms with Crippen LogP contribution in [0.3, 0.4) is 0 Å². The second-order valence-electron chi connectivity index (χ2n) is 5.13. The number of nitrogens with one attached hydrogen (secondary N) is 1. The molecule has 2 aromatic rings. The molecule has 7 heteroatoms. The Kier molecular flexibility index (Phi) is 4.11. The van der Waals surface area contributed by atoms with E-state index in [1.165, 1.54) is 4.90 Å². The highest BCUT2D eigenvalue weighted by atomic mass is 35.5. The summed E-state index contributed by atoms with van der Waals surface area (Å²) in [6, 6.07) is 9.77. The Morgan fingerprint density at radius 1 is 1.36 bits per heavy atom. The summed E-state index contributed by atoms with van der Waals surface area (Å²) in [6.45, 7) is 0.956. The highest BCUT2D eigenvalue weighted by molar-refractivity contribution is 6.28. The number of carbonyl (C=O) groups is 1. The molecule has 1 aliphatic rings. The molecule has 22 heavy (non-hydrogen) atoms. The van der Waals surface area contributed by atoms with Gasteiger partial charge in [0.05, 0.1) is 0 Å². The number of aromatic nitrogens is 2. The van der Waals surface area contributed by atoms with Crippen molar-refractivity contribution in [3.8, 4) is 11.1 Å². The van der Waals surface area contributed by atoms with Crippen LogP contribution >= 0.6 is 11.6 Å². The van der Waals surface area contributed by atoms with Crippen molar-refractivity contribution in [1.29, 1.82) is 0 Å². The quantitative estimate of drug-likeness (QED) is 0.851. The Morgan fingerprint density at radius 3 is 2.82 bits per heavy atom. The van der Waals surface area contributed by atoms with Crippen LogP contribution in [-0.4, -0.2) is 45.2 Å². The maximum Gasteiger partial charge on any atom is 0.407 e. The number of benzene rings is 1. The molecular formula is C15H15ClN4O2. The summed E-state index contributed by atoms with van der Waals surface area (Å²) in [5, 5.41) is 12.5. The molecule has 1 aromatic carbocycles. The Balaban J connectivity index is 1.84. The van der Waals surface area contributed by atoms with Crippen LogP contribution < -0.4 is 5.32 Å². The van der Waals surface area contributed by atoms with Crippen molar-refractivity contribution in [2.75, 3.05) is 18.4 Å². The summed E-state index contributed by atoms with van der Waals surface area (Å²) in [4.78, 5) is 20.7. The van der Waals surface area contributed by atoms with Gasteiger partial charge in [-0.25, -0.2) is 14.8 Å². The van der Waals surface area contributed by atoms with Gasteiger partial charge >= 0.3 is 6.09 Å². The van der Waals surface area contributed by atoms with E-state index in [0.717, 1.165) is 17.5 Å². The summed E-state index contributed by atoms with van der Waals surface area (Å²) in [5.74, 6) is 0.628. The summed E-state index contributed by atoms with van der Waals surface area (Å²) in [7, 11) is 0. The van der Waals surface area contributed by atoms with Crippen molar-refractivity contribution in [2.24, 2.45) is 0 Å². The van der Waals surface area contributed by atoms with Gasteiger partial charge in [0, 0.05) is 30.9 Å². The molecule has 6 nitrogen and oxygen atoms in total. The van der Waals surface area contributed by atoms with E-state index in [2.05, 4.69) is 15.3 Å². The Hall–Kier alpha value is -2.34. The first-order valence-electron chi connectivity index (χ1n) is 6.96. The van der Waals surface area contributed by atoms with Crippen LogP contribution in [0.5, 0.6) is 0 Å². The summed E-state index contributed by atoms with van der Waals surface area (Å²) >= 11 is 5.90. The van der Waals surface area contributed by atoms with E-state index < -0.39 is 6.09 Å². The predicted molar refractivity (Wildman–Crippen MR) is 84.1 cm³/mol. The summed E-state index contributed by atoms with van der Waals surface area (Å²) in [5.41, 5.74) is 1.83. The van der Waals surface area contributed by atoms with E-state index >= 15 is 0 Å². The number of carboxylic acid groups (broad SMARTS) is 1. The first-order chi connectivity index (χ1) is 10.6. The van der Waals surface area contributed by atoms with E-state index in [0.29, 0.717) is 18.9 Å². The predicted octanol–water partition coefficient (Wildman–Crippen LogP) is 2.96. The molecule has 0 radical (unpaired) electrons. The third kappa shape index (κ3) is 3.12. The zero-order chi connectivity index (χ0) is 15.5. The first-order valence-corrected chi connectivity index (χ1v) is 7.33. The van der Waals surface area contributed by atoms with Crippen LogP contribution in [0.1, 0.15) is 6.42 Å². The Bertz CT molecular complexity index is 680. The van der Waals surface area contributed by atoms with Gasteiger partial charge in [-0.3, -0.25) is 0 Å². The number of halogens is 1. The topological polar surface area (TPSA) is 78.4 Å². The normalized spacial score (nSPS) is 17.5. The first kappa shape index (κ1) is 14.6. The molecule has 2 heterocycles. The molecule has 0 aliphatic carbocycles. The second kappa shape index (κ2) is 6.19. The zero-order valence-corrected chi connectivity index (χ0v) is 12.5. The number of amides is 1. The molecule has 1 fully saturated rings. The van der Waals surface area contributed by atoms with Gasteiger partial charge in [-0.05, 0) is 23.6 Å². The fourth-order valence-electron chi connectivity index (χ4n) is 2.54. The van der Waals surface area contributed by atoms with Gasteiger partial charge in [0.25, 0.3) is 0 Å². The molecule has 0 saturated carbocycles. The second-order valence-corrected chi connectivity index (χ2v) is 5.46. The van der Waals surface area contributed by atoms with Crippen LogP contribution in [0.25, 0.3) is 11.1 Å². The summed E-state index contributed by atoms with van der Waals surface area (Å²) in [6.07, 6.45) is 1.52. The molecule has 3 rings (SSSR count). The minimum atomic E-state index is -0.895. The van der Waals surface area contributed by atoms with Crippen LogP contribution in [-0.2, 0) is 0 Å². The fraction of sp³-hybridized carbons (Fsp3) is 0.267. The smallest absolute Gasteiger partial charge is 0.407 e. The number of nitrogens with zero attached hydrogens (tertiary/aromatic N) is 3. The third-order valence-electron chi connectivity index (χ3n) is 3.64. The van der Waals surface area contributed by atoms with Crippen molar-refractivity contribution in [3.63, 3.8) is 0 Å². The van der Waals surface area contributed by atoms with Crippen LogP contribution in [0.15, 0.2) is 36.5 Å². The number of hydrogen-bond acceptors (Lipinski definition) is 4. The fourth-order valence-corrected chi connectivity index (χ4v) is 2.68. The highest BCUT2D eigenvalue weighted by Crippen LogP contribution is 2.28. The average molecular weight is 319 g/mol. The minimum absolute atomic E-state index is 0.0181. The van der Waals surface area contributed by atoms with Gasteiger partial charge in [0.2, 0.25) is 5.28 Å². The molecule has 2 N–H and O–H groups in total. The monoisotopic (exact) mass is 318 g/mol. The highest BCUT2D eigenvalue weighted by Gasteiger charge is 2.26. The van der Waals surface area contributed by atoms with Gasteiger partial charge in [-0.15, -0.1) is 0 Å². The van der Waals surface area contributed by atoms with Gasteiger partial charge in [0.1, 0.15) is 5.82 Å². The van der Waals surface area contributed by atoms with Gasteiger partial charge in [0.15, 0.2) is 0 Å². The molecule has 114 valence electrons. The van der Waals surface area contributed by atoms with E-state index in [-0.39, 0.29) is 11.3 Å². The maximum atomic E-state index is 11.0. The number of anilines is 1. The van der Waals surface area contributed by atoms with E-state index in [4.69, 9.17) is 16.7 Å². The van der Waals surface area contributed by atoms with Crippen molar-refractivity contribution in [1.82, 2.24) is 14.9 Å². The molecule has 1 saturated heterocycles. The third-order valence-corrected chi connectivity index (χ3v) is 3.83. The van der Waals surface area contributed by atoms with Crippen molar-refractivity contribution in [2.45, 2.75) is 12.5 Å². The zero-order valence-electron chi connectivity index (χ0n) is 11.7. The van der Waals surface area contributed by atoms with Gasteiger partial charge < -0.3 is 15.3 Å². The lowest BCUT2D eigenvalue weighted by Crippen LogP contribution is -2.30. The Labute approximate surface area is 132 Å². The maximum absolute atomic E-state index is 11.0. The lowest BCUT2D eigenvalue weighted by molar-refractivity contribution is 0.155. The molecular weight excluding hydrogens is 304 g/mol. The minimum Gasteiger partial charge on any atom is -0.465 e. The van der Waals surface area contributed by atoms with Crippen molar-refractivity contribution in [3.05, 3.63) is 41.8 Å². The van der Waals surface area contributed by atoms with Crippen molar-refractivity contribution >= 4 is 23.5 Å². The number of likely N-dealkylation sites (tertiary alicyclic amines) is 1. The molecule has 1 atom stereocenters. The van der Waals surface area contributed by atoms with Gasteiger partial charge in [-0.1, -0.05) is 30.3 Å². The standard InChI is InChI=1S/C15H15ClN4O2/c16-14-17-8-12(10-4-2-1-3-5-10)13(19-14)18-11-6-7-20(9-11)15(21)22/h1-5,8,11H,6-7,9H2,(H,21,22)(H,17,18,19). The van der Waals surface area contributed by atoms with Gasteiger partial charge in [-0.2, -0.15) is 0 Å².